The van der Waals surface area contributed by atoms with E-state index in [1.54, 1.807) is 62.4 Å². The second-order valence-electron chi connectivity index (χ2n) is 9.59. The Morgan fingerprint density at radius 3 is 2.53 bits per heavy atom. The third-order valence-corrected chi connectivity index (χ3v) is 7.19. The van der Waals surface area contributed by atoms with Crippen LogP contribution in [0.2, 0.25) is 0 Å². The third kappa shape index (κ3) is 9.02. The molecule has 1 aliphatic heterocycles. The summed E-state index contributed by atoms with van der Waals surface area (Å²) < 4.78 is 36.6. The van der Waals surface area contributed by atoms with Crippen LogP contribution in [0.15, 0.2) is 81.5 Å². The molecule has 0 aliphatic carbocycles. The number of halogens is 2. The highest BCUT2D eigenvalue weighted by molar-refractivity contribution is 9.10. The van der Waals surface area contributed by atoms with Gasteiger partial charge in [-0.3, -0.25) is 4.79 Å². The first-order valence-corrected chi connectivity index (χ1v) is 15.2. The van der Waals surface area contributed by atoms with Gasteiger partial charge < -0.3 is 29.6 Å². The van der Waals surface area contributed by atoms with E-state index in [1.165, 1.54) is 18.3 Å². The summed E-state index contributed by atoms with van der Waals surface area (Å²) in [5.41, 5.74) is 5.41. The molecular formula is C32H32BrFN4O6S. The zero-order valence-electron chi connectivity index (χ0n) is 24.8. The first kappa shape index (κ1) is 33.4. The Balaban J connectivity index is 1.41. The molecule has 0 fully saturated rings. The predicted molar refractivity (Wildman–Crippen MR) is 175 cm³/mol. The second-order valence-corrected chi connectivity index (χ2v) is 10.9. The minimum atomic E-state index is -0.643. The van der Waals surface area contributed by atoms with Gasteiger partial charge in [0.15, 0.2) is 23.2 Å². The fourth-order valence-electron chi connectivity index (χ4n) is 4.41. The monoisotopic (exact) mass is 698 g/mol. The predicted octanol–water partition coefficient (Wildman–Crippen LogP) is 5.45. The molecule has 1 amide bonds. The van der Waals surface area contributed by atoms with E-state index in [0.29, 0.717) is 55.8 Å². The van der Waals surface area contributed by atoms with Crippen molar-refractivity contribution in [1.29, 1.82) is 0 Å². The van der Waals surface area contributed by atoms with Gasteiger partial charge in [0.2, 0.25) is 0 Å². The van der Waals surface area contributed by atoms with Gasteiger partial charge in [0.25, 0.3) is 5.91 Å². The molecule has 45 heavy (non-hydrogen) atoms. The molecule has 13 heteroatoms. The average Bonchev–Trinajstić information content (AvgIpc) is 3.00. The molecule has 0 saturated heterocycles. The molecule has 1 heterocycles. The summed E-state index contributed by atoms with van der Waals surface area (Å²) >= 11 is 8.83. The molecule has 0 saturated carbocycles. The summed E-state index contributed by atoms with van der Waals surface area (Å²) in [6, 6.07) is 15.9. The molecule has 0 radical (unpaired) electrons. The topological polar surface area (TPSA) is 120 Å². The number of nitrogens with one attached hydrogen (secondary N) is 3. The van der Waals surface area contributed by atoms with Crippen LogP contribution in [0.5, 0.6) is 17.2 Å². The normalized spacial score (nSPS) is 14.4. The van der Waals surface area contributed by atoms with Crippen LogP contribution in [0.1, 0.15) is 43.5 Å². The maximum Gasteiger partial charge on any atom is 0.338 e. The van der Waals surface area contributed by atoms with Crippen molar-refractivity contribution in [3.63, 3.8) is 0 Å². The van der Waals surface area contributed by atoms with Crippen LogP contribution < -0.4 is 30.3 Å². The summed E-state index contributed by atoms with van der Waals surface area (Å²) in [5, 5.41) is 10.4. The molecule has 1 atom stereocenters. The van der Waals surface area contributed by atoms with Crippen LogP contribution in [0, 0.1) is 5.82 Å². The molecule has 4 rings (SSSR count). The number of hydrogen-bond acceptors (Lipinski definition) is 8. The lowest BCUT2D eigenvalue weighted by atomic mass is 9.95. The number of esters is 1. The van der Waals surface area contributed by atoms with Crippen LogP contribution in [-0.4, -0.2) is 43.0 Å². The molecule has 0 aromatic heterocycles. The summed E-state index contributed by atoms with van der Waals surface area (Å²) in [4.78, 5) is 25.4. The lowest BCUT2D eigenvalue weighted by Crippen LogP contribution is -2.45. The van der Waals surface area contributed by atoms with Crippen molar-refractivity contribution in [2.24, 2.45) is 5.10 Å². The Morgan fingerprint density at radius 1 is 1.04 bits per heavy atom. The van der Waals surface area contributed by atoms with Gasteiger partial charge in [-0.05, 0) is 90.4 Å². The number of nitrogens with zero attached hydrogens (tertiary/aromatic N) is 1. The first-order chi connectivity index (χ1) is 21.7. The molecule has 3 aromatic rings. The van der Waals surface area contributed by atoms with Crippen LogP contribution in [0.25, 0.3) is 0 Å². The molecule has 236 valence electrons. The van der Waals surface area contributed by atoms with Crippen molar-refractivity contribution >= 4 is 51.4 Å². The zero-order chi connectivity index (χ0) is 32.3. The van der Waals surface area contributed by atoms with Gasteiger partial charge >= 0.3 is 5.97 Å². The molecule has 3 N–H and O–H groups in total. The molecule has 0 spiro atoms. The van der Waals surface area contributed by atoms with Gasteiger partial charge in [-0.1, -0.05) is 30.3 Å². The second kappa shape index (κ2) is 16.0. The lowest BCUT2D eigenvalue weighted by Gasteiger charge is -2.30. The fraction of sp³-hybridized carbons (Fsp3) is 0.250. The minimum Gasteiger partial charge on any atom is -0.490 e. The Kier molecular flexibility index (Phi) is 11.9. The van der Waals surface area contributed by atoms with Gasteiger partial charge in [0.05, 0.1) is 35.5 Å². The lowest BCUT2D eigenvalue weighted by molar-refractivity contribution is -0.139. The number of thiocarbonyl (C=S) groups is 1. The summed E-state index contributed by atoms with van der Waals surface area (Å²) in [6.45, 7) is 5.80. The van der Waals surface area contributed by atoms with E-state index < -0.39 is 17.9 Å². The number of carbonyl (C=O) groups is 2. The number of para-hydroxylation sites is 1. The Labute approximate surface area is 274 Å². The van der Waals surface area contributed by atoms with Crippen molar-refractivity contribution < 1.29 is 32.9 Å². The maximum absolute atomic E-state index is 13.2. The van der Waals surface area contributed by atoms with Gasteiger partial charge in [-0.2, -0.15) is 5.10 Å². The maximum atomic E-state index is 13.2. The van der Waals surface area contributed by atoms with E-state index in [-0.39, 0.29) is 25.6 Å². The van der Waals surface area contributed by atoms with E-state index in [2.05, 4.69) is 37.1 Å². The van der Waals surface area contributed by atoms with E-state index in [0.717, 1.165) is 5.56 Å². The fourth-order valence-corrected chi connectivity index (χ4v) is 5.26. The van der Waals surface area contributed by atoms with Crippen LogP contribution >= 0.6 is 28.1 Å². The van der Waals surface area contributed by atoms with Crippen molar-refractivity contribution in [3.8, 4) is 17.2 Å². The molecule has 10 nitrogen and oxygen atoms in total. The molecule has 1 aliphatic rings. The van der Waals surface area contributed by atoms with Gasteiger partial charge in [0, 0.05) is 11.3 Å². The Morgan fingerprint density at radius 2 is 1.80 bits per heavy atom. The quantitative estimate of drug-likeness (QED) is 0.0927. The summed E-state index contributed by atoms with van der Waals surface area (Å²) in [7, 11) is 0. The van der Waals surface area contributed by atoms with E-state index in [1.807, 2.05) is 6.92 Å². The number of carbonyl (C=O) groups excluding carboxylic acids is 2. The molecule has 3 aromatic carbocycles. The van der Waals surface area contributed by atoms with E-state index in [9.17, 15) is 14.0 Å². The van der Waals surface area contributed by atoms with Crippen molar-refractivity contribution in [2.75, 3.05) is 19.8 Å². The standard InChI is InChI=1S/C32H32BrFN4O6S/c1-4-41-26-15-21(14-24(33)30(26)44-17-20-10-12-22(34)13-11-20)16-35-38-27(39)18-43-25-9-7-6-8-23(25)29-28(31(40)42-5-2)19(3)36-32(45)37-29/h6-16,29H,4-5,17-18H2,1-3H3,(H,38,39)(H2,36,37,45)/t29-/m1/s1. The molecule has 0 unspecified atom stereocenters. The number of amides is 1. The minimum absolute atomic E-state index is 0.213. The summed E-state index contributed by atoms with van der Waals surface area (Å²) in [6.07, 6.45) is 1.46. The van der Waals surface area contributed by atoms with E-state index in [4.69, 9.17) is 31.2 Å². The SMILES string of the molecule is CCOC(=O)C1=C(C)NC(=S)N[C@@H]1c1ccccc1OCC(=O)NN=Cc1cc(Br)c(OCc2ccc(F)cc2)c(OCC)c1. The highest BCUT2D eigenvalue weighted by Crippen LogP contribution is 2.37. The van der Waals surface area contributed by atoms with Gasteiger partial charge in [-0.15, -0.1) is 0 Å². The highest BCUT2D eigenvalue weighted by Gasteiger charge is 2.32. The Bertz CT molecular complexity index is 1620. The van der Waals surface area contributed by atoms with Crippen molar-refractivity contribution in [3.05, 3.63) is 98.9 Å². The third-order valence-electron chi connectivity index (χ3n) is 6.38. The zero-order valence-corrected chi connectivity index (χ0v) is 27.2. The number of hydrazone groups is 1. The number of ether oxygens (including phenoxy) is 4. The van der Waals surface area contributed by atoms with Crippen LogP contribution in [0.3, 0.4) is 0 Å². The van der Waals surface area contributed by atoms with Crippen LogP contribution in [0.4, 0.5) is 4.39 Å². The number of allylic oxidation sites excluding steroid dienone is 1. The number of benzene rings is 3. The number of rotatable bonds is 13. The first-order valence-electron chi connectivity index (χ1n) is 14.0. The average molecular weight is 700 g/mol. The van der Waals surface area contributed by atoms with Gasteiger partial charge in [-0.25, -0.2) is 14.6 Å². The Hall–Kier alpha value is -4.49. The largest absolute Gasteiger partial charge is 0.490 e. The highest BCUT2D eigenvalue weighted by atomic mass is 79.9. The molecule has 0 bridgehead atoms. The van der Waals surface area contributed by atoms with Crippen molar-refractivity contribution in [2.45, 2.75) is 33.4 Å². The van der Waals surface area contributed by atoms with Crippen molar-refractivity contribution in [1.82, 2.24) is 16.1 Å². The summed E-state index contributed by atoms with van der Waals surface area (Å²) in [5.74, 6) is 0.0223. The van der Waals surface area contributed by atoms with Gasteiger partial charge in [0.1, 0.15) is 18.2 Å². The molecular weight excluding hydrogens is 667 g/mol. The number of hydrogen-bond donors (Lipinski definition) is 3. The smallest absolute Gasteiger partial charge is 0.338 e. The van der Waals surface area contributed by atoms with E-state index >= 15 is 0 Å². The van der Waals surface area contributed by atoms with Crippen LogP contribution in [-0.2, 0) is 20.9 Å².